The van der Waals surface area contributed by atoms with Crippen molar-refractivity contribution < 1.29 is 13.6 Å². The van der Waals surface area contributed by atoms with Crippen LogP contribution in [0.4, 0.5) is 8.78 Å². The molecule has 1 spiro atoms. The van der Waals surface area contributed by atoms with Crippen molar-refractivity contribution in [1.82, 2.24) is 4.57 Å². The fourth-order valence-electron chi connectivity index (χ4n) is 4.95. The number of halogens is 2. The highest BCUT2D eigenvalue weighted by atomic mass is 19.2. The van der Waals surface area contributed by atoms with E-state index in [4.69, 9.17) is 0 Å². The molecule has 1 aliphatic carbocycles. The summed E-state index contributed by atoms with van der Waals surface area (Å²) in [5.41, 5.74) is 1.91. The molecule has 1 atom stereocenters. The summed E-state index contributed by atoms with van der Waals surface area (Å²) < 4.78 is 29.2. The van der Waals surface area contributed by atoms with E-state index in [0.717, 1.165) is 23.3 Å². The normalized spacial score (nSPS) is 18.9. The monoisotopic (exact) mass is 385 g/mol. The molecule has 2 aliphatic rings. The zero-order valence-corrected chi connectivity index (χ0v) is 15.1. The Morgan fingerprint density at radius 3 is 2.41 bits per heavy atom. The van der Waals surface area contributed by atoms with Crippen molar-refractivity contribution in [3.63, 3.8) is 0 Å². The number of carbonyl (C=O) groups excluding carboxylic acids is 1. The number of carbonyl (C=O) groups is 1. The van der Waals surface area contributed by atoms with Gasteiger partial charge in [-0.15, -0.1) is 0 Å². The molecule has 140 valence electrons. The van der Waals surface area contributed by atoms with Crippen LogP contribution in [-0.2, 0) is 11.8 Å². The fourth-order valence-corrected chi connectivity index (χ4v) is 4.95. The van der Waals surface area contributed by atoms with Crippen LogP contribution < -0.4 is 5.56 Å². The molecule has 2 heterocycles. The van der Waals surface area contributed by atoms with Crippen molar-refractivity contribution in [3.8, 4) is 5.69 Å². The maximum atomic E-state index is 13.9. The highest BCUT2D eigenvalue weighted by Gasteiger charge is 2.54. The second kappa shape index (κ2) is 5.26. The SMILES string of the molecule is O=C1c2ccccc2CC12c1ccccc1-n1c2cc2cc(F)c(F)cc2c1=O. The fraction of sp³-hybridized carbons (Fsp3) is 0.0833. The predicted molar refractivity (Wildman–Crippen MR) is 105 cm³/mol. The molecule has 0 fully saturated rings. The van der Waals surface area contributed by atoms with Crippen molar-refractivity contribution in [2.24, 2.45) is 0 Å². The number of hydrogen-bond donors (Lipinski definition) is 0. The number of fused-ring (bicyclic) bond motifs is 7. The summed E-state index contributed by atoms with van der Waals surface area (Å²) in [6, 6.07) is 18.3. The van der Waals surface area contributed by atoms with E-state index >= 15 is 0 Å². The number of ketones is 1. The van der Waals surface area contributed by atoms with Crippen LogP contribution in [0, 0.1) is 11.6 Å². The lowest BCUT2D eigenvalue weighted by atomic mass is 9.75. The number of rotatable bonds is 0. The van der Waals surface area contributed by atoms with E-state index in [1.165, 1.54) is 4.57 Å². The molecule has 0 saturated carbocycles. The smallest absolute Gasteiger partial charge is 0.263 e. The van der Waals surface area contributed by atoms with Gasteiger partial charge < -0.3 is 0 Å². The molecular formula is C24H13F2NO2. The Labute approximate surface area is 163 Å². The molecule has 6 rings (SSSR count). The van der Waals surface area contributed by atoms with Gasteiger partial charge in [0.05, 0.1) is 11.1 Å². The minimum Gasteiger partial charge on any atom is -0.293 e. The van der Waals surface area contributed by atoms with Gasteiger partial charge in [0, 0.05) is 11.3 Å². The lowest BCUT2D eigenvalue weighted by molar-refractivity contribution is 0.0930. The largest absolute Gasteiger partial charge is 0.293 e. The molecule has 4 aromatic rings. The van der Waals surface area contributed by atoms with Gasteiger partial charge in [-0.25, -0.2) is 8.78 Å². The molecule has 1 aliphatic heterocycles. The van der Waals surface area contributed by atoms with Crippen LogP contribution in [0.5, 0.6) is 0 Å². The molecule has 29 heavy (non-hydrogen) atoms. The number of pyridine rings is 1. The van der Waals surface area contributed by atoms with E-state index in [0.29, 0.717) is 23.4 Å². The molecule has 0 radical (unpaired) electrons. The van der Waals surface area contributed by atoms with E-state index in [-0.39, 0.29) is 16.6 Å². The standard InChI is InChI=1S/C24H13F2NO2/c25-18-9-14-10-21-24(12-13-5-1-2-6-15(13)22(24)28)17-7-3-4-8-20(17)27(21)23(29)16(14)11-19(18)26/h1-11H,12H2. The Hall–Kier alpha value is -3.60. The van der Waals surface area contributed by atoms with E-state index < -0.39 is 22.6 Å². The summed E-state index contributed by atoms with van der Waals surface area (Å²) in [6.45, 7) is 0. The minimum atomic E-state index is -1.07. The third kappa shape index (κ3) is 1.85. The first-order valence-corrected chi connectivity index (χ1v) is 9.30. The minimum absolute atomic E-state index is 0.0758. The second-order valence-electron chi connectivity index (χ2n) is 7.61. The molecule has 0 saturated heterocycles. The van der Waals surface area contributed by atoms with Crippen molar-refractivity contribution in [3.05, 3.63) is 111 Å². The van der Waals surface area contributed by atoms with Gasteiger partial charge in [0.15, 0.2) is 17.4 Å². The Morgan fingerprint density at radius 1 is 0.862 bits per heavy atom. The van der Waals surface area contributed by atoms with Crippen LogP contribution >= 0.6 is 0 Å². The van der Waals surface area contributed by atoms with Gasteiger partial charge >= 0.3 is 0 Å². The maximum absolute atomic E-state index is 13.9. The van der Waals surface area contributed by atoms with Crippen LogP contribution in [0.3, 0.4) is 0 Å². The average Bonchev–Trinajstić information content (AvgIpc) is 3.18. The predicted octanol–water partition coefficient (Wildman–Crippen LogP) is 4.31. The Morgan fingerprint density at radius 2 is 1.59 bits per heavy atom. The van der Waals surface area contributed by atoms with Crippen molar-refractivity contribution in [2.45, 2.75) is 11.8 Å². The van der Waals surface area contributed by atoms with E-state index in [1.807, 2.05) is 30.3 Å². The second-order valence-corrected chi connectivity index (χ2v) is 7.61. The van der Waals surface area contributed by atoms with Crippen molar-refractivity contribution in [1.29, 1.82) is 0 Å². The number of aromatic nitrogens is 1. The van der Waals surface area contributed by atoms with Crippen LogP contribution in [0.25, 0.3) is 16.5 Å². The summed E-state index contributed by atoms with van der Waals surface area (Å²) in [7, 11) is 0. The van der Waals surface area contributed by atoms with E-state index in [1.54, 1.807) is 24.3 Å². The quantitative estimate of drug-likeness (QED) is 0.453. The molecule has 5 heteroatoms. The van der Waals surface area contributed by atoms with Gasteiger partial charge in [-0.05, 0) is 47.2 Å². The average molecular weight is 385 g/mol. The summed E-state index contributed by atoms with van der Waals surface area (Å²) in [5, 5.41) is 0.374. The van der Waals surface area contributed by atoms with Gasteiger partial charge in [0.2, 0.25) is 0 Å². The first-order chi connectivity index (χ1) is 14.0. The Bertz CT molecular complexity index is 1450. The molecule has 0 bridgehead atoms. The number of para-hydroxylation sites is 1. The van der Waals surface area contributed by atoms with Crippen LogP contribution in [0.15, 0.2) is 71.5 Å². The van der Waals surface area contributed by atoms with Crippen molar-refractivity contribution >= 4 is 16.6 Å². The van der Waals surface area contributed by atoms with Crippen LogP contribution in [-0.4, -0.2) is 10.4 Å². The molecule has 1 unspecified atom stereocenters. The van der Waals surface area contributed by atoms with Gasteiger partial charge in [0.25, 0.3) is 5.56 Å². The zero-order valence-electron chi connectivity index (χ0n) is 15.1. The van der Waals surface area contributed by atoms with Crippen LogP contribution in [0.1, 0.15) is 27.2 Å². The highest BCUT2D eigenvalue weighted by Crippen LogP contribution is 2.50. The summed E-state index contributed by atoms with van der Waals surface area (Å²) in [4.78, 5) is 27.0. The Kier molecular flexibility index (Phi) is 2.97. The van der Waals surface area contributed by atoms with Gasteiger partial charge in [-0.3, -0.25) is 14.2 Å². The molecule has 3 nitrogen and oxygen atoms in total. The number of hydrogen-bond acceptors (Lipinski definition) is 2. The van der Waals surface area contributed by atoms with E-state index in [9.17, 15) is 18.4 Å². The lowest BCUT2D eigenvalue weighted by Gasteiger charge is -2.23. The van der Waals surface area contributed by atoms with Gasteiger partial charge in [0.1, 0.15) is 5.41 Å². The number of Topliss-reactive ketones (excluding diaryl/α,β-unsaturated/α-hetero) is 1. The summed E-state index contributed by atoms with van der Waals surface area (Å²) >= 11 is 0. The molecule has 3 aromatic carbocycles. The van der Waals surface area contributed by atoms with Gasteiger partial charge in [-0.1, -0.05) is 42.5 Å². The summed E-state index contributed by atoms with van der Waals surface area (Å²) in [5.74, 6) is -2.17. The zero-order chi connectivity index (χ0) is 19.9. The lowest BCUT2D eigenvalue weighted by Crippen LogP contribution is -2.34. The number of benzene rings is 3. The topological polar surface area (TPSA) is 39.1 Å². The third-order valence-electron chi connectivity index (χ3n) is 6.21. The van der Waals surface area contributed by atoms with E-state index in [2.05, 4.69) is 0 Å². The first-order valence-electron chi connectivity index (χ1n) is 9.30. The molecule has 0 N–H and O–H groups in total. The first kappa shape index (κ1) is 16.4. The van der Waals surface area contributed by atoms with Crippen LogP contribution in [0.2, 0.25) is 0 Å². The molecular weight excluding hydrogens is 372 g/mol. The highest BCUT2D eigenvalue weighted by molar-refractivity contribution is 6.12. The van der Waals surface area contributed by atoms with Crippen molar-refractivity contribution in [2.75, 3.05) is 0 Å². The third-order valence-corrected chi connectivity index (χ3v) is 6.21. The molecule has 0 amide bonds. The summed E-state index contributed by atoms with van der Waals surface area (Å²) in [6.07, 6.45) is 0.424. The Balaban J connectivity index is 1.78. The molecule has 1 aromatic heterocycles. The van der Waals surface area contributed by atoms with Gasteiger partial charge in [-0.2, -0.15) is 0 Å². The number of nitrogens with zero attached hydrogens (tertiary/aromatic N) is 1. The maximum Gasteiger partial charge on any atom is 0.263 e.